The van der Waals surface area contributed by atoms with Crippen molar-refractivity contribution >= 4 is 22.4 Å². The van der Waals surface area contributed by atoms with Gasteiger partial charge in [0.25, 0.3) is 0 Å². The molecule has 3 aromatic rings. The molecule has 0 amide bonds. The molecule has 0 aliphatic carbocycles. The summed E-state index contributed by atoms with van der Waals surface area (Å²) in [6.07, 6.45) is 6.29. The Morgan fingerprint density at radius 1 is 0.897 bits per heavy atom. The second-order valence-corrected chi connectivity index (χ2v) is 7.75. The minimum Gasteiger partial charge on any atom is -0.488 e. The number of fused-ring (bicyclic) bond motifs is 1. The van der Waals surface area contributed by atoms with Crippen LogP contribution in [0.1, 0.15) is 50.2 Å². The van der Waals surface area contributed by atoms with Crippen LogP contribution in [0, 0.1) is 5.82 Å². The molecule has 2 nitrogen and oxygen atoms in total. The smallest absolute Gasteiger partial charge is 0.131 e. The summed E-state index contributed by atoms with van der Waals surface area (Å²) in [6, 6.07) is 17.0. The first-order valence-corrected chi connectivity index (χ1v) is 10.9. The average molecular weight is 414 g/mol. The van der Waals surface area contributed by atoms with Crippen LogP contribution in [-0.2, 0) is 13.2 Å². The lowest BCUT2D eigenvalue weighted by Crippen LogP contribution is -2.16. The van der Waals surface area contributed by atoms with Crippen LogP contribution in [-0.4, -0.2) is 6.54 Å². The maximum absolute atomic E-state index is 14.1. The molecule has 29 heavy (non-hydrogen) atoms. The molecule has 0 aromatic heterocycles. The number of unbranched alkanes of at least 4 members (excludes halogenated alkanes) is 4. The van der Waals surface area contributed by atoms with E-state index in [0.29, 0.717) is 10.6 Å². The summed E-state index contributed by atoms with van der Waals surface area (Å²) in [4.78, 5) is 0. The van der Waals surface area contributed by atoms with E-state index in [1.54, 1.807) is 12.1 Å². The van der Waals surface area contributed by atoms with E-state index < -0.39 is 0 Å². The lowest BCUT2D eigenvalue weighted by atomic mass is 10.0. The number of ether oxygens (including phenoxy) is 1. The summed E-state index contributed by atoms with van der Waals surface area (Å²) in [6.45, 7) is 4.03. The number of halogens is 2. The molecule has 0 fully saturated rings. The monoisotopic (exact) mass is 413 g/mol. The molecule has 1 N–H and O–H groups in total. The molecule has 3 rings (SSSR count). The molecule has 0 atom stereocenters. The number of hydrogen-bond acceptors (Lipinski definition) is 2. The van der Waals surface area contributed by atoms with Gasteiger partial charge in [0.1, 0.15) is 18.2 Å². The molecule has 154 valence electrons. The molecule has 0 saturated carbocycles. The Kier molecular flexibility index (Phi) is 8.33. The first-order valence-electron chi connectivity index (χ1n) is 10.5. The van der Waals surface area contributed by atoms with Crippen molar-refractivity contribution in [1.29, 1.82) is 0 Å². The highest BCUT2D eigenvalue weighted by Crippen LogP contribution is 2.30. The molecule has 4 heteroatoms. The number of benzene rings is 3. The van der Waals surface area contributed by atoms with Gasteiger partial charge in [-0.25, -0.2) is 4.39 Å². The van der Waals surface area contributed by atoms with Crippen molar-refractivity contribution in [2.45, 2.75) is 52.2 Å². The van der Waals surface area contributed by atoms with Crippen LogP contribution < -0.4 is 10.1 Å². The molecular weight excluding hydrogens is 385 g/mol. The molecule has 0 unspecified atom stereocenters. The highest BCUT2D eigenvalue weighted by Gasteiger charge is 2.12. The van der Waals surface area contributed by atoms with Crippen LogP contribution in [0.15, 0.2) is 54.6 Å². The first-order chi connectivity index (χ1) is 14.2. The van der Waals surface area contributed by atoms with Crippen LogP contribution in [0.4, 0.5) is 4.39 Å². The minimum absolute atomic E-state index is 0.105. The van der Waals surface area contributed by atoms with Crippen molar-refractivity contribution in [3.63, 3.8) is 0 Å². The Labute approximate surface area is 178 Å². The fourth-order valence-electron chi connectivity index (χ4n) is 3.52. The zero-order valence-electron chi connectivity index (χ0n) is 17.0. The fourth-order valence-corrected chi connectivity index (χ4v) is 3.74. The second-order valence-electron chi connectivity index (χ2n) is 7.34. The Balaban J connectivity index is 1.72. The standard InChI is InChI=1S/C25H29ClFNO/c1-2-3-4-5-8-16-28-17-21-20-11-7-6-10-19(20)14-15-25(21)29-18-22-23(26)12-9-13-24(22)27/h6-7,9-15,28H,2-5,8,16-18H2,1H3. The van der Waals surface area contributed by atoms with Crippen molar-refractivity contribution in [1.82, 2.24) is 5.32 Å². The lowest BCUT2D eigenvalue weighted by Gasteiger charge is -2.16. The molecule has 3 aromatic carbocycles. The van der Waals surface area contributed by atoms with Gasteiger partial charge in [-0.15, -0.1) is 0 Å². The van der Waals surface area contributed by atoms with Gasteiger partial charge in [0.2, 0.25) is 0 Å². The molecule has 0 aliphatic heterocycles. The number of hydrogen-bond donors (Lipinski definition) is 1. The van der Waals surface area contributed by atoms with Crippen molar-refractivity contribution in [2.24, 2.45) is 0 Å². The van der Waals surface area contributed by atoms with Gasteiger partial charge >= 0.3 is 0 Å². The van der Waals surface area contributed by atoms with Crippen molar-refractivity contribution in [2.75, 3.05) is 6.54 Å². The largest absolute Gasteiger partial charge is 0.488 e. The van der Waals surface area contributed by atoms with Crippen LogP contribution in [0.3, 0.4) is 0 Å². The van der Waals surface area contributed by atoms with E-state index in [2.05, 4.69) is 24.4 Å². The van der Waals surface area contributed by atoms with Crippen molar-refractivity contribution in [3.05, 3.63) is 76.6 Å². The maximum Gasteiger partial charge on any atom is 0.131 e. The summed E-state index contributed by atoms with van der Waals surface area (Å²) < 4.78 is 20.1. The van der Waals surface area contributed by atoms with E-state index in [9.17, 15) is 4.39 Å². The fraction of sp³-hybridized carbons (Fsp3) is 0.360. The normalized spacial score (nSPS) is 11.1. The van der Waals surface area contributed by atoms with Crippen LogP contribution in [0.25, 0.3) is 10.8 Å². The third-order valence-corrected chi connectivity index (χ3v) is 5.54. The maximum atomic E-state index is 14.1. The zero-order chi connectivity index (χ0) is 20.5. The Bertz CT molecular complexity index is 908. The van der Waals surface area contributed by atoms with Crippen LogP contribution in [0.5, 0.6) is 5.75 Å². The summed E-state index contributed by atoms with van der Waals surface area (Å²) in [5, 5.41) is 6.26. The summed E-state index contributed by atoms with van der Waals surface area (Å²) >= 11 is 6.15. The summed E-state index contributed by atoms with van der Waals surface area (Å²) in [5.41, 5.74) is 1.49. The number of rotatable bonds is 11. The second kappa shape index (κ2) is 11.2. The van der Waals surface area contributed by atoms with Gasteiger partial charge in [0, 0.05) is 17.7 Å². The van der Waals surface area contributed by atoms with E-state index in [1.807, 2.05) is 24.3 Å². The molecule has 0 heterocycles. The third-order valence-electron chi connectivity index (χ3n) is 5.19. The molecule has 0 spiro atoms. The predicted octanol–water partition coefficient (Wildman–Crippen LogP) is 7.27. The van der Waals surface area contributed by atoms with Gasteiger partial charge in [-0.05, 0) is 41.9 Å². The SMILES string of the molecule is CCCCCCCNCc1c(OCc2c(F)cccc2Cl)ccc2ccccc12. The Morgan fingerprint density at radius 2 is 1.72 bits per heavy atom. The van der Waals surface area contributed by atoms with E-state index in [0.717, 1.165) is 29.8 Å². The van der Waals surface area contributed by atoms with E-state index in [1.165, 1.54) is 43.6 Å². The topological polar surface area (TPSA) is 21.3 Å². The highest BCUT2D eigenvalue weighted by molar-refractivity contribution is 6.31. The van der Waals surface area contributed by atoms with E-state index in [-0.39, 0.29) is 12.4 Å². The lowest BCUT2D eigenvalue weighted by molar-refractivity contribution is 0.296. The molecule has 0 radical (unpaired) electrons. The Hall–Kier alpha value is -2.10. The molecule has 0 bridgehead atoms. The predicted molar refractivity (Wildman–Crippen MR) is 120 cm³/mol. The van der Waals surface area contributed by atoms with E-state index in [4.69, 9.17) is 16.3 Å². The van der Waals surface area contributed by atoms with Gasteiger partial charge in [-0.2, -0.15) is 0 Å². The van der Waals surface area contributed by atoms with Gasteiger partial charge in [-0.1, -0.05) is 80.6 Å². The first kappa shape index (κ1) is 21.6. The summed E-state index contributed by atoms with van der Waals surface area (Å²) in [7, 11) is 0. The van der Waals surface area contributed by atoms with Crippen molar-refractivity contribution < 1.29 is 9.13 Å². The highest BCUT2D eigenvalue weighted by atomic mass is 35.5. The van der Waals surface area contributed by atoms with Gasteiger partial charge < -0.3 is 10.1 Å². The molecule has 0 saturated heterocycles. The van der Waals surface area contributed by atoms with Gasteiger partial charge in [0.15, 0.2) is 0 Å². The zero-order valence-corrected chi connectivity index (χ0v) is 17.8. The van der Waals surface area contributed by atoms with Gasteiger partial charge in [-0.3, -0.25) is 0 Å². The average Bonchev–Trinajstić information content (AvgIpc) is 2.73. The van der Waals surface area contributed by atoms with E-state index >= 15 is 0 Å². The molecule has 0 aliphatic rings. The van der Waals surface area contributed by atoms with Crippen molar-refractivity contribution in [3.8, 4) is 5.75 Å². The quantitative estimate of drug-likeness (QED) is 0.333. The number of nitrogens with one attached hydrogen (secondary N) is 1. The third kappa shape index (κ3) is 5.94. The minimum atomic E-state index is -0.343. The van der Waals surface area contributed by atoms with Crippen LogP contribution >= 0.6 is 11.6 Å². The molecular formula is C25H29ClFNO. The van der Waals surface area contributed by atoms with Gasteiger partial charge in [0.05, 0.1) is 5.02 Å². The summed E-state index contributed by atoms with van der Waals surface area (Å²) in [5.74, 6) is 0.423. The Morgan fingerprint density at radius 3 is 2.55 bits per heavy atom. The van der Waals surface area contributed by atoms with Crippen LogP contribution in [0.2, 0.25) is 5.02 Å².